The van der Waals surface area contributed by atoms with Gasteiger partial charge in [0.05, 0.1) is 26.4 Å². The molecule has 1 N–H and O–H groups in total. The molecule has 0 aromatic rings. The molecular weight excluding hydrogens is 248 g/mol. The van der Waals surface area contributed by atoms with Gasteiger partial charge in [0.15, 0.2) is 6.29 Å². The number of rotatable bonds is 10. The molecule has 0 aromatic heterocycles. The summed E-state index contributed by atoms with van der Waals surface area (Å²) in [4.78, 5) is 0. The van der Waals surface area contributed by atoms with Crippen LogP contribution in [0, 0.1) is 11.8 Å². The summed E-state index contributed by atoms with van der Waals surface area (Å²) >= 11 is 0. The molecule has 0 atom stereocenters. The van der Waals surface area contributed by atoms with Crippen LogP contribution in [0.4, 0.5) is 0 Å². The quantitative estimate of drug-likeness (QED) is 0.483. The Hall–Kier alpha value is -0.200. The first-order chi connectivity index (χ1) is 9.31. The van der Waals surface area contributed by atoms with E-state index in [2.05, 4.69) is 0 Å². The first kappa shape index (κ1) is 16.9. The lowest BCUT2D eigenvalue weighted by Crippen LogP contribution is -2.30. The normalized spacial score (nSPS) is 24.0. The standard InChI is InChI=1S/C14H28O5/c1-16-14(17-2)13-5-3-12(4-6-13)11-19-10-9-18-8-7-15/h12-15H,3-11H2,1-2H3. The highest BCUT2D eigenvalue weighted by atomic mass is 16.7. The maximum Gasteiger partial charge on any atom is 0.159 e. The van der Waals surface area contributed by atoms with Crippen LogP contribution in [0.1, 0.15) is 25.7 Å². The van der Waals surface area contributed by atoms with Crippen LogP contribution in [0.25, 0.3) is 0 Å². The lowest BCUT2D eigenvalue weighted by Gasteiger charge is -2.32. The van der Waals surface area contributed by atoms with Gasteiger partial charge in [-0.05, 0) is 31.6 Å². The number of aliphatic hydroxyl groups is 1. The molecule has 0 aromatic carbocycles. The molecule has 0 unspecified atom stereocenters. The van der Waals surface area contributed by atoms with Crippen LogP contribution in [0.3, 0.4) is 0 Å². The first-order valence-electron chi connectivity index (χ1n) is 7.13. The minimum absolute atomic E-state index is 0.0613. The average molecular weight is 276 g/mol. The molecule has 0 bridgehead atoms. The van der Waals surface area contributed by atoms with Gasteiger partial charge in [0, 0.05) is 26.7 Å². The largest absolute Gasteiger partial charge is 0.394 e. The van der Waals surface area contributed by atoms with E-state index < -0.39 is 0 Å². The highest BCUT2D eigenvalue weighted by molar-refractivity contribution is 4.74. The third kappa shape index (κ3) is 6.68. The summed E-state index contributed by atoms with van der Waals surface area (Å²) in [6, 6.07) is 0. The van der Waals surface area contributed by atoms with Crippen LogP contribution >= 0.6 is 0 Å². The molecule has 0 saturated heterocycles. The Bertz CT molecular complexity index is 200. The number of aliphatic hydroxyl groups excluding tert-OH is 1. The van der Waals surface area contributed by atoms with Crippen molar-refractivity contribution in [1.29, 1.82) is 0 Å². The molecule has 1 aliphatic carbocycles. The first-order valence-corrected chi connectivity index (χ1v) is 7.13. The topological polar surface area (TPSA) is 57.2 Å². The van der Waals surface area contributed by atoms with Gasteiger partial charge in [-0.1, -0.05) is 0 Å². The van der Waals surface area contributed by atoms with Crippen molar-refractivity contribution in [1.82, 2.24) is 0 Å². The Kier molecular flexibility index (Phi) is 9.38. The average Bonchev–Trinajstić information content (AvgIpc) is 2.45. The van der Waals surface area contributed by atoms with Gasteiger partial charge < -0.3 is 24.1 Å². The summed E-state index contributed by atoms with van der Waals surface area (Å²) in [5.41, 5.74) is 0. The Morgan fingerprint density at radius 1 is 0.947 bits per heavy atom. The molecule has 5 nitrogen and oxygen atoms in total. The molecular formula is C14H28O5. The lowest BCUT2D eigenvalue weighted by molar-refractivity contribution is -0.146. The van der Waals surface area contributed by atoms with Gasteiger partial charge in [0.1, 0.15) is 0 Å². The SMILES string of the molecule is COC(OC)C1CCC(COCCOCCO)CC1. The molecule has 1 aliphatic rings. The molecule has 1 fully saturated rings. The molecule has 5 heteroatoms. The van der Waals surface area contributed by atoms with Crippen molar-refractivity contribution >= 4 is 0 Å². The van der Waals surface area contributed by atoms with E-state index in [4.69, 9.17) is 24.1 Å². The van der Waals surface area contributed by atoms with Crippen molar-refractivity contribution in [3.05, 3.63) is 0 Å². The van der Waals surface area contributed by atoms with Crippen LogP contribution < -0.4 is 0 Å². The maximum absolute atomic E-state index is 8.55. The van der Waals surface area contributed by atoms with E-state index in [9.17, 15) is 0 Å². The smallest absolute Gasteiger partial charge is 0.159 e. The maximum atomic E-state index is 8.55. The number of methoxy groups -OCH3 is 2. The zero-order chi connectivity index (χ0) is 13.9. The van der Waals surface area contributed by atoms with Crippen molar-refractivity contribution in [3.8, 4) is 0 Å². The Balaban J connectivity index is 2.03. The molecule has 0 heterocycles. The van der Waals surface area contributed by atoms with Crippen LogP contribution in [0.5, 0.6) is 0 Å². The molecule has 0 spiro atoms. The van der Waals surface area contributed by atoms with Crippen LogP contribution in [-0.2, 0) is 18.9 Å². The van der Waals surface area contributed by atoms with Crippen molar-refractivity contribution in [2.45, 2.75) is 32.0 Å². The van der Waals surface area contributed by atoms with E-state index in [1.165, 1.54) is 12.8 Å². The molecule has 1 rings (SSSR count). The molecule has 114 valence electrons. The van der Waals surface area contributed by atoms with Gasteiger partial charge in [-0.25, -0.2) is 0 Å². The Labute approximate surface area is 116 Å². The van der Waals surface area contributed by atoms with Crippen molar-refractivity contribution in [2.24, 2.45) is 11.8 Å². The van der Waals surface area contributed by atoms with Gasteiger partial charge in [-0.15, -0.1) is 0 Å². The van der Waals surface area contributed by atoms with E-state index in [1.54, 1.807) is 14.2 Å². The Morgan fingerprint density at radius 3 is 2.16 bits per heavy atom. The van der Waals surface area contributed by atoms with E-state index in [1.807, 2.05) is 0 Å². The fraction of sp³-hybridized carbons (Fsp3) is 1.00. The molecule has 0 amide bonds. The van der Waals surface area contributed by atoms with Crippen molar-refractivity contribution < 1.29 is 24.1 Å². The predicted octanol–water partition coefficient (Wildman–Crippen LogP) is 1.44. The van der Waals surface area contributed by atoms with Gasteiger partial charge in [-0.2, -0.15) is 0 Å². The van der Waals surface area contributed by atoms with E-state index in [0.29, 0.717) is 31.7 Å². The summed E-state index contributed by atoms with van der Waals surface area (Å²) in [6.45, 7) is 2.44. The van der Waals surface area contributed by atoms with Crippen LogP contribution in [0.2, 0.25) is 0 Å². The van der Waals surface area contributed by atoms with Gasteiger partial charge in [-0.3, -0.25) is 0 Å². The molecule has 0 aliphatic heterocycles. The zero-order valence-corrected chi connectivity index (χ0v) is 12.2. The minimum Gasteiger partial charge on any atom is -0.394 e. The second-order valence-corrected chi connectivity index (χ2v) is 5.03. The van der Waals surface area contributed by atoms with Crippen molar-refractivity contribution in [3.63, 3.8) is 0 Å². The fourth-order valence-corrected chi connectivity index (χ4v) is 2.64. The second-order valence-electron chi connectivity index (χ2n) is 5.03. The second kappa shape index (κ2) is 10.6. The highest BCUT2D eigenvalue weighted by Gasteiger charge is 2.27. The summed E-state index contributed by atoms with van der Waals surface area (Å²) < 4.78 is 21.4. The number of hydrogen-bond acceptors (Lipinski definition) is 5. The summed E-state index contributed by atoms with van der Waals surface area (Å²) in [5.74, 6) is 1.16. The molecule has 1 saturated carbocycles. The molecule has 0 radical (unpaired) electrons. The van der Waals surface area contributed by atoms with Crippen LogP contribution in [-0.4, -0.2) is 58.7 Å². The lowest BCUT2D eigenvalue weighted by atomic mass is 9.82. The summed E-state index contributed by atoms with van der Waals surface area (Å²) in [7, 11) is 3.41. The van der Waals surface area contributed by atoms with E-state index in [-0.39, 0.29) is 12.9 Å². The van der Waals surface area contributed by atoms with Crippen molar-refractivity contribution in [2.75, 3.05) is 47.3 Å². The van der Waals surface area contributed by atoms with Crippen LogP contribution in [0.15, 0.2) is 0 Å². The summed E-state index contributed by atoms with van der Waals surface area (Å²) in [5, 5.41) is 8.55. The predicted molar refractivity (Wildman–Crippen MR) is 72.0 cm³/mol. The van der Waals surface area contributed by atoms with E-state index in [0.717, 1.165) is 19.4 Å². The third-order valence-electron chi connectivity index (χ3n) is 3.70. The van der Waals surface area contributed by atoms with Gasteiger partial charge in [0.2, 0.25) is 0 Å². The zero-order valence-electron chi connectivity index (χ0n) is 12.2. The molecule has 19 heavy (non-hydrogen) atoms. The van der Waals surface area contributed by atoms with Gasteiger partial charge >= 0.3 is 0 Å². The number of hydrogen-bond donors (Lipinski definition) is 1. The summed E-state index contributed by atoms with van der Waals surface area (Å²) in [6.07, 6.45) is 4.56. The number of ether oxygens (including phenoxy) is 4. The third-order valence-corrected chi connectivity index (χ3v) is 3.70. The fourth-order valence-electron chi connectivity index (χ4n) is 2.64. The monoisotopic (exact) mass is 276 g/mol. The minimum atomic E-state index is -0.0613. The van der Waals surface area contributed by atoms with Gasteiger partial charge in [0.25, 0.3) is 0 Å². The highest BCUT2D eigenvalue weighted by Crippen LogP contribution is 2.32. The Morgan fingerprint density at radius 2 is 1.58 bits per heavy atom. The van der Waals surface area contributed by atoms with E-state index >= 15 is 0 Å².